The van der Waals surface area contributed by atoms with Gasteiger partial charge in [-0.05, 0) is 37.9 Å². The molecule has 2 aliphatic heterocycles. The van der Waals surface area contributed by atoms with Gasteiger partial charge in [0.15, 0.2) is 0 Å². The van der Waals surface area contributed by atoms with E-state index in [1.165, 1.54) is 5.56 Å². The summed E-state index contributed by atoms with van der Waals surface area (Å²) >= 11 is 0. The van der Waals surface area contributed by atoms with E-state index in [4.69, 9.17) is 4.74 Å². The van der Waals surface area contributed by atoms with Crippen molar-refractivity contribution in [3.05, 3.63) is 29.8 Å². The lowest BCUT2D eigenvalue weighted by molar-refractivity contribution is -0.124. The van der Waals surface area contributed by atoms with Crippen LogP contribution in [-0.4, -0.2) is 36.7 Å². The molecule has 1 amide bonds. The molecule has 2 atom stereocenters. The van der Waals surface area contributed by atoms with Crippen molar-refractivity contribution < 1.29 is 9.53 Å². The van der Waals surface area contributed by atoms with E-state index in [0.717, 1.165) is 31.6 Å². The first kappa shape index (κ1) is 12.6. The van der Waals surface area contributed by atoms with E-state index in [2.05, 4.69) is 11.0 Å². The molecule has 1 aromatic carbocycles. The van der Waals surface area contributed by atoms with Gasteiger partial charge in [0.25, 0.3) is 0 Å². The Morgan fingerprint density at radius 2 is 2.16 bits per heavy atom. The summed E-state index contributed by atoms with van der Waals surface area (Å²) < 4.78 is 5.41. The molecule has 2 unspecified atom stereocenters. The van der Waals surface area contributed by atoms with E-state index < -0.39 is 0 Å². The third kappa shape index (κ3) is 2.05. The van der Waals surface area contributed by atoms with Crippen molar-refractivity contribution in [3.8, 4) is 0 Å². The topological polar surface area (TPSA) is 32.8 Å². The predicted molar refractivity (Wildman–Crippen MR) is 73.8 cm³/mol. The van der Waals surface area contributed by atoms with E-state index in [1.807, 2.05) is 30.0 Å². The molecular formula is C15H20N2O2. The third-order valence-electron chi connectivity index (χ3n) is 4.22. The van der Waals surface area contributed by atoms with Gasteiger partial charge < -0.3 is 4.74 Å². The van der Waals surface area contributed by atoms with Crippen LogP contribution in [0.3, 0.4) is 0 Å². The number of para-hydroxylation sites is 1. The molecule has 3 rings (SSSR count). The van der Waals surface area contributed by atoms with Crippen LogP contribution < -0.4 is 4.90 Å². The maximum Gasteiger partial charge on any atom is 0.246 e. The number of fused-ring (bicyclic) bond motifs is 2. The van der Waals surface area contributed by atoms with Gasteiger partial charge in [0.1, 0.15) is 6.23 Å². The summed E-state index contributed by atoms with van der Waals surface area (Å²) in [6.45, 7) is 3.80. The second-order valence-electron chi connectivity index (χ2n) is 5.30. The zero-order valence-electron chi connectivity index (χ0n) is 11.5. The SMILES string of the molecule is COC(C)N1C(=O)C2CCCN2Cc2ccccc21. The average molecular weight is 260 g/mol. The number of rotatable bonds is 2. The van der Waals surface area contributed by atoms with Crippen molar-refractivity contribution in [2.75, 3.05) is 18.6 Å². The largest absolute Gasteiger partial charge is 0.361 e. The Kier molecular flexibility index (Phi) is 3.29. The summed E-state index contributed by atoms with van der Waals surface area (Å²) in [5, 5.41) is 0. The van der Waals surface area contributed by atoms with Gasteiger partial charge in [0.2, 0.25) is 5.91 Å². The maximum absolute atomic E-state index is 12.8. The highest BCUT2D eigenvalue weighted by atomic mass is 16.5. The number of methoxy groups -OCH3 is 1. The van der Waals surface area contributed by atoms with Crippen LogP contribution in [-0.2, 0) is 16.1 Å². The highest BCUT2D eigenvalue weighted by Gasteiger charge is 2.39. The van der Waals surface area contributed by atoms with Crippen molar-refractivity contribution >= 4 is 11.6 Å². The van der Waals surface area contributed by atoms with Crippen LogP contribution >= 0.6 is 0 Å². The first-order valence-corrected chi connectivity index (χ1v) is 6.90. The maximum atomic E-state index is 12.8. The Morgan fingerprint density at radius 3 is 2.95 bits per heavy atom. The number of hydrogen-bond acceptors (Lipinski definition) is 3. The van der Waals surface area contributed by atoms with Gasteiger partial charge in [-0.3, -0.25) is 14.6 Å². The van der Waals surface area contributed by atoms with E-state index in [9.17, 15) is 4.79 Å². The van der Waals surface area contributed by atoms with E-state index in [-0.39, 0.29) is 18.2 Å². The molecule has 2 heterocycles. The predicted octanol–water partition coefficient (Wildman–Crippen LogP) is 1.99. The van der Waals surface area contributed by atoms with Crippen molar-refractivity contribution in [3.63, 3.8) is 0 Å². The van der Waals surface area contributed by atoms with Crippen LogP contribution in [0.15, 0.2) is 24.3 Å². The van der Waals surface area contributed by atoms with Crippen LogP contribution in [0.25, 0.3) is 0 Å². The smallest absolute Gasteiger partial charge is 0.246 e. The van der Waals surface area contributed by atoms with Crippen LogP contribution in [0.4, 0.5) is 5.69 Å². The van der Waals surface area contributed by atoms with Gasteiger partial charge in [-0.25, -0.2) is 0 Å². The molecule has 0 saturated carbocycles. The van der Waals surface area contributed by atoms with Crippen molar-refractivity contribution in [1.29, 1.82) is 0 Å². The van der Waals surface area contributed by atoms with Crippen LogP contribution in [0.2, 0.25) is 0 Å². The Hall–Kier alpha value is -1.39. The number of carbonyl (C=O) groups is 1. The summed E-state index contributed by atoms with van der Waals surface area (Å²) in [6.07, 6.45) is 1.84. The van der Waals surface area contributed by atoms with Gasteiger partial charge >= 0.3 is 0 Å². The molecule has 4 nitrogen and oxygen atoms in total. The molecule has 0 bridgehead atoms. The Bertz CT molecular complexity index is 489. The van der Waals surface area contributed by atoms with Gasteiger partial charge in [0, 0.05) is 13.7 Å². The lowest BCUT2D eigenvalue weighted by Gasteiger charge is -2.30. The molecular weight excluding hydrogens is 240 g/mol. The molecule has 0 aliphatic carbocycles. The minimum atomic E-state index is -0.228. The standard InChI is InChI=1S/C15H20N2O2/c1-11(19-2)17-13-7-4-3-6-12(13)10-16-9-5-8-14(16)15(17)18/h3-4,6-7,11,14H,5,8-10H2,1-2H3. The van der Waals surface area contributed by atoms with Crippen molar-refractivity contribution in [2.24, 2.45) is 0 Å². The second-order valence-corrected chi connectivity index (χ2v) is 5.30. The van der Waals surface area contributed by atoms with Crippen LogP contribution in [0, 0.1) is 0 Å². The van der Waals surface area contributed by atoms with E-state index >= 15 is 0 Å². The number of nitrogens with zero attached hydrogens (tertiary/aromatic N) is 2. The monoisotopic (exact) mass is 260 g/mol. The zero-order chi connectivity index (χ0) is 13.4. The Morgan fingerprint density at radius 1 is 1.37 bits per heavy atom. The van der Waals surface area contributed by atoms with Crippen LogP contribution in [0.5, 0.6) is 0 Å². The minimum Gasteiger partial charge on any atom is -0.361 e. The fraction of sp³-hybridized carbons (Fsp3) is 0.533. The normalized spacial score (nSPS) is 24.8. The Labute approximate surface area is 113 Å². The number of amides is 1. The lowest BCUT2D eigenvalue weighted by Crippen LogP contribution is -2.47. The van der Waals surface area contributed by atoms with Crippen molar-refractivity contribution in [2.45, 2.75) is 38.6 Å². The summed E-state index contributed by atoms with van der Waals surface area (Å²) in [4.78, 5) is 16.9. The van der Waals surface area contributed by atoms with Crippen LogP contribution in [0.1, 0.15) is 25.3 Å². The minimum absolute atomic E-state index is 0.0185. The highest BCUT2D eigenvalue weighted by molar-refractivity contribution is 5.99. The van der Waals surface area contributed by atoms with Gasteiger partial charge in [-0.2, -0.15) is 0 Å². The quantitative estimate of drug-likeness (QED) is 0.815. The molecule has 0 N–H and O–H groups in total. The molecule has 2 aliphatic rings. The fourth-order valence-electron chi connectivity index (χ4n) is 3.15. The molecule has 102 valence electrons. The average Bonchev–Trinajstić information content (AvgIpc) is 2.84. The first-order valence-electron chi connectivity index (χ1n) is 6.90. The highest BCUT2D eigenvalue weighted by Crippen LogP contribution is 2.33. The summed E-state index contributed by atoms with van der Waals surface area (Å²) in [7, 11) is 1.65. The molecule has 19 heavy (non-hydrogen) atoms. The van der Waals surface area contributed by atoms with E-state index in [1.54, 1.807) is 7.11 Å². The molecule has 0 radical (unpaired) electrons. The summed E-state index contributed by atoms with van der Waals surface area (Å²) in [5.41, 5.74) is 2.21. The number of ether oxygens (including phenoxy) is 1. The van der Waals surface area contributed by atoms with Gasteiger partial charge in [-0.1, -0.05) is 18.2 Å². The van der Waals surface area contributed by atoms with E-state index in [0.29, 0.717) is 0 Å². The fourth-order valence-corrected chi connectivity index (χ4v) is 3.15. The second kappa shape index (κ2) is 4.94. The van der Waals surface area contributed by atoms with Gasteiger partial charge in [-0.15, -0.1) is 0 Å². The summed E-state index contributed by atoms with van der Waals surface area (Å²) in [5.74, 6) is 0.178. The molecule has 0 spiro atoms. The number of anilines is 1. The third-order valence-corrected chi connectivity index (χ3v) is 4.22. The zero-order valence-corrected chi connectivity index (χ0v) is 11.5. The molecule has 4 heteroatoms. The van der Waals surface area contributed by atoms with Crippen molar-refractivity contribution in [1.82, 2.24) is 4.90 Å². The number of carbonyl (C=O) groups excluding carboxylic acids is 1. The Balaban J connectivity index is 2.07. The lowest BCUT2D eigenvalue weighted by atomic mass is 10.1. The molecule has 1 fully saturated rings. The molecule has 1 saturated heterocycles. The summed E-state index contributed by atoms with van der Waals surface area (Å²) in [6, 6.07) is 8.17. The van der Waals surface area contributed by atoms with Gasteiger partial charge in [0.05, 0.1) is 11.7 Å². The number of hydrogen-bond donors (Lipinski definition) is 0. The first-order chi connectivity index (χ1) is 9.22. The molecule has 1 aromatic rings. The molecule has 0 aromatic heterocycles. The number of benzene rings is 1.